The van der Waals surface area contributed by atoms with Crippen LogP contribution in [0.3, 0.4) is 0 Å². The Balaban J connectivity index is 0.00000162. The average Bonchev–Trinajstić information content (AvgIpc) is 3.07. The second-order valence-electron chi connectivity index (χ2n) is 4.45. The van der Waals surface area contributed by atoms with Crippen LogP contribution in [0.4, 0.5) is 5.69 Å². The van der Waals surface area contributed by atoms with Crippen molar-refractivity contribution in [2.75, 3.05) is 11.9 Å². The largest absolute Gasteiger partial charge is 0.377 e. The zero-order chi connectivity index (χ0) is 12.3. The highest BCUT2D eigenvalue weighted by molar-refractivity contribution is 6.00. The topological polar surface area (TPSA) is 64.3 Å². The van der Waals surface area contributed by atoms with E-state index < -0.39 is 5.54 Å². The van der Waals surface area contributed by atoms with Crippen molar-refractivity contribution in [1.82, 2.24) is 0 Å². The predicted octanol–water partition coefficient (Wildman–Crippen LogP) is 2.07. The van der Waals surface area contributed by atoms with E-state index in [4.69, 9.17) is 10.5 Å². The average molecular weight is 271 g/mol. The standard InChI is InChI=1S/C13H18N2O2.ClH/c1-2-17-9-10-4-3-5-11(8-10)15-12(16)13(14)6-7-13;/h3-5,8H,2,6-7,9,14H2,1H3,(H,15,16);1H. The lowest BCUT2D eigenvalue weighted by Gasteiger charge is -2.11. The smallest absolute Gasteiger partial charge is 0.244 e. The molecule has 1 saturated carbocycles. The summed E-state index contributed by atoms with van der Waals surface area (Å²) in [4.78, 5) is 11.8. The molecule has 1 fully saturated rings. The van der Waals surface area contributed by atoms with E-state index in [1.807, 2.05) is 31.2 Å². The molecule has 0 aromatic heterocycles. The van der Waals surface area contributed by atoms with Gasteiger partial charge in [0.1, 0.15) is 0 Å². The van der Waals surface area contributed by atoms with Crippen LogP contribution in [-0.4, -0.2) is 18.1 Å². The summed E-state index contributed by atoms with van der Waals surface area (Å²) < 4.78 is 5.32. The lowest BCUT2D eigenvalue weighted by Crippen LogP contribution is -2.37. The van der Waals surface area contributed by atoms with Gasteiger partial charge in [-0.15, -0.1) is 12.4 Å². The van der Waals surface area contributed by atoms with Gasteiger partial charge in [-0.3, -0.25) is 4.79 Å². The molecule has 0 unspecified atom stereocenters. The lowest BCUT2D eigenvalue weighted by atomic mass is 10.2. The number of anilines is 1. The number of nitrogens with two attached hydrogens (primary N) is 1. The third-order valence-electron chi connectivity index (χ3n) is 2.90. The maximum absolute atomic E-state index is 11.8. The molecule has 3 N–H and O–H groups in total. The normalized spacial score (nSPS) is 15.7. The Morgan fingerprint density at radius 3 is 2.83 bits per heavy atom. The fourth-order valence-corrected chi connectivity index (χ4v) is 1.58. The lowest BCUT2D eigenvalue weighted by molar-refractivity contribution is -0.118. The van der Waals surface area contributed by atoms with Crippen molar-refractivity contribution in [2.45, 2.75) is 31.9 Å². The van der Waals surface area contributed by atoms with Crippen LogP contribution in [0.2, 0.25) is 0 Å². The molecule has 1 amide bonds. The predicted molar refractivity (Wildman–Crippen MR) is 73.8 cm³/mol. The molecule has 4 nitrogen and oxygen atoms in total. The zero-order valence-electron chi connectivity index (χ0n) is 10.4. The van der Waals surface area contributed by atoms with Crippen LogP contribution in [0.1, 0.15) is 25.3 Å². The summed E-state index contributed by atoms with van der Waals surface area (Å²) in [6.07, 6.45) is 1.55. The van der Waals surface area contributed by atoms with E-state index in [0.29, 0.717) is 13.2 Å². The first-order chi connectivity index (χ1) is 8.14. The molecule has 2 rings (SSSR count). The Bertz CT molecular complexity index is 419. The Morgan fingerprint density at radius 2 is 2.22 bits per heavy atom. The monoisotopic (exact) mass is 270 g/mol. The summed E-state index contributed by atoms with van der Waals surface area (Å²) in [5, 5.41) is 2.84. The van der Waals surface area contributed by atoms with E-state index in [1.165, 1.54) is 0 Å². The van der Waals surface area contributed by atoms with Gasteiger partial charge < -0.3 is 15.8 Å². The van der Waals surface area contributed by atoms with Crippen molar-refractivity contribution < 1.29 is 9.53 Å². The molecule has 1 aliphatic carbocycles. The number of ether oxygens (including phenoxy) is 1. The van der Waals surface area contributed by atoms with Crippen LogP contribution in [0.15, 0.2) is 24.3 Å². The van der Waals surface area contributed by atoms with Crippen molar-refractivity contribution in [3.05, 3.63) is 29.8 Å². The van der Waals surface area contributed by atoms with Crippen molar-refractivity contribution in [1.29, 1.82) is 0 Å². The second-order valence-corrected chi connectivity index (χ2v) is 4.45. The molecule has 100 valence electrons. The second kappa shape index (κ2) is 6.18. The molecule has 0 saturated heterocycles. The summed E-state index contributed by atoms with van der Waals surface area (Å²) in [6.45, 7) is 3.20. The first kappa shape index (κ1) is 15.0. The summed E-state index contributed by atoms with van der Waals surface area (Å²) in [6, 6.07) is 7.65. The Morgan fingerprint density at radius 1 is 1.50 bits per heavy atom. The van der Waals surface area contributed by atoms with E-state index in [0.717, 1.165) is 24.1 Å². The molecule has 0 bridgehead atoms. The van der Waals surface area contributed by atoms with Gasteiger partial charge in [-0.1, -0.05) is 12.1 Å². The molecule has 0 spiro atoms. The van der Waals surface area contributed by atoms with Gasteiger partial charge in [0.15, 0.2) is 0 Å². The number of carbonyl (C=O) groups is 1. The maximum Gasteiger partial charge on any atom is 0.244 e. The van der Waals surface area contributed by atoms with Crippen molar-refractivity contribution in [3.63, 3.8) is 0 Å². The van der Waals surface area contributed by atoms with E-state index in [9.17, 15) is 4.79 Å². The minimum atomic E-state index is -0.629. The number of hydrogen-bond donors (Lipinski definition) is 2. The van der Waals surface area contributed by atoms with Gasteiger partial charge in [0, 0.05) is 12.3 Å². The van der Waals surface area contributed by atoms with E-state index in [2.05, 4.69) is 5.32 Å². The van der Waals surface area contributed by atoms with Gasteiger partial charge in [0.2, 0.25) is 5.91 Å². The van der Waals surface area contributed by atoms with Gasteiger partial charge in [0.25, 0.3) is 0 Å². The Labute approximate surface area is 113 Å². The number of nitrogens with one attached hydrogen (secondary N) is 1. The van der Waals surface area contributed by atoms with Crippen LogP contribution < -0.4 is 11.1 Å². The summed E-state index contributed by atoms with van der Waals surface area (Å²) in [7, 11) is 0. The summed E-state index contributed by atoms with van der Waals surface area (Å²) >= 11 is 0. The zero-order valence-corrected chi connectivity index (χ0v) is 11.3. The maximum atomic E-state index is 11.8. The molecule has 1 aromatic carbocycles. The molecule has 1 aliphatic rings. The summed E-state index contributed by atoms with van der Waals surface area (Å²) in [5.41, 5.74) is 7.02. The fourth-order valence-electron chi connectivity index (χ4n) is 1.58. The third-order valence-corrected chi connectivity index (χ3v) is 2.90. The highest BCUT2D eigenvalue weighted by atomic mass is 35.5. The Kier molecular flexibility index (Phi) is 5.14. The molecular weight excluding hydrogens is 252 g/mol. The number of amides is 1. The number of rotatable bonds is 5. The van der Waals surface area contributed by atoms with E-state index in [-0.39, 0.29) is 18.3 Å². The highest BCUT2D eigenvalue weighted by Crippen LogP contribution is 2.33. The Hall–Kier alpha value is -1.10. The van der Waals surface area contributed by atoms with Crippen molar-refractivity contribution in [3.8, 4) is 0 Å². The van der Waals surface area contributed by atoms with Crippen LogP contribution in [0, 0.1) is 0 Å². The molecule has 0 atom stereocenters. The molecule has 0 aliphatic heterocycles. The van der Waals surface area contributed by atoms with Crippen LogP contribution >= 0.6 is 12.4 Å². The van der Waals surface area contributed by atoms with Crippen molar-refractivity contribution in [2.24, 2.45) is 5.73 Å². The van der Waals surface area contributed by atoms with Crippen LogP contribution in [0.25, 0.3) is 0 Å². The van der Waals surface area contributed by atoms with E-state index >= 15 is 0 Å². The molecule has 0 radical (unpaired) electrons. The molecule has 0 heterocycles. The number of benzene rings is 1. The SMILES string of the molecule is CCOCc1cccc(NC(=O)C2(N)CC2)c1.Cl. The highest BCUT2D eigenvalue weighted by Gasteiger charge is 2.45. The summed E-state index contributed by atoms with van der Waals surface area (Å²) in [5.74, 6) is -0.0916. The van der Waals surface area contributed by atoms with Gasteiger partial charge in [-0.2, -0.15) is 0 Å². The van der Waals surface area contributed by atoms with Crippen molar-refractivity contribution >= 4 is 24.0 Å². The van der Waals surface area contributed by atoms with Gasteiger partial charge >= 0.3 is 0 Å². The van der Waals surface area contributed by atoms with Crippen LogP contribution in [-0.2, 0) is 16.1 Å². The third kappa shape index (κ3) is 3.70. The molecular formula is C13H19ClN2O2. The minimum absolute atomic E-state index is 0. The first-order valence-corrected chi connectivity index (χ1v) is 5.91. The quantitative estimate of drug-likeness (QED) is 0.861. The molecule has 18 heavy (non-hydrogen) atoms. The number of carbonyl (C=O) groups excluding carboxylic acids is 1. The number of hydrogen-bond acceptors (Lipinski definition) is 3. The minimum Gasteiger partial charge on any atom is -0.377 e. The van der Waals surface area contributed by atoms with Gasteiger partial charge in [-0.25, -0.2) is 0 Å². The van der Waals surface area contributed by atoms with Crippen LogP contribution in [0.5, 0.6) is 0 Å². The van der Waals surface area contributed by atoms with Gasteiger partial charge in [-0.05, 0) is 37.5 Å². The van der Waals surface area contributed by atoms with E-state index in [1.54, 1.807) is 0 Å². The number of halogens is 1. The first-order valence-electron chi connectivity index (χ1n) is 5.91. The molecule has 1 aromatic rings. The van der Waals surface area contributed by atoms with Gasteiger partial charge in [0.05, 0.1) is 12.1 Å². The fraction of sp³-hybridized carbons (Fsp3) is 0.462. The molecule has 5 heteroatoms.